The molecule has 1 amide bonds. The SMILES string of the molecule is CCc1cccc(NS(=O)(=O)c2c(C)[nH]c(C)c2C(=O)N2CCCCC2)c1. The molecule has 0 radical (unpaired) electrons. The highest BCUT2D eigenvalue weighted by atomic mass is 32.2. The van der Waals surface area contributed by atoms with Crippen LogP contribution in [-0.2, 0) is 16.4 Å². The zero-order chi connectivity index (χ0) is 19.6. The van der Waals surface area contributed by atoms with Crippen molar-refractivity contribution in [3.05, 3.63) is 46.8 Å². The van der Waals surface area contributed by atoms with E-state index in [1.54, 1.807) is 24.8 Å². The third-order valence-corrected chi connectivity index (χ3v) is 6.58. The molecule has 1 fully saturated rings. The molecule has 2 heterocycles. The van der Waals surface area contributed by atoms with Crippen LogP contribution >= 0.6 is 0 Å². The van der Waals surface area contributed by atoms with Crippen molar-refractivity contribution in [1.82, 2.24) is 9.88 Å². The first kappa shape index (κ1) is 19.5. The van der Waals surface area contributed by atoms with Crippen molar-refractivity contribution in [2.75, 3.05) is 17.8 Å². The van der Waals surface area contributed by atoms with Gasteiger partial charge in [0.2, 0.25) is 0 Å². The maximum absolute atomic E-state index is 13.1. The van der Waals surface area contributed by atoms with E-state index in [4.69, 9.17) is 0 Å². The van der Waals surface area contributed by atoms with Gasteiger partial charge in [-0.1, -0.05) is 19.1 Å². The van der Waals surface area contributed by atoms with E-state index in [2.05, 4.69) is 9.71 Å². The van der Waals surface area contributed by atoms with Crippen molar-refractivity contribution >= 4 is 21.6 Å². The number of nitrogens with one attached hydrogen (secondary N) is 2. The summed E-state index contributed by atoms with van der Waals surface area (Å²) in [6.07, 6.45) is 3.84. The number of nitrogens with zero attached hydrogens (tertiary/aromatic N) is 1. The Bertz CT molecular complexity index is 941. The molecule has 0 bridgehead atoms. The minimum atomic E-state index is -3.89. The van der Waals surface area contributed by atoms with Crippen molar-refractivity contribution in [3.8, 4) is 0 Å². The molecule has 7 heteroatoms. The Morgan fingerprint density at radius 1 is 1.15 bits per heavy atom. The van der Waals surface area contributed by atoms with Crippen LogP contribution in [0.5, 0.6) is 0 Å². The van der Waals surface area contributed by atoms with Crippen LogP contribution in [0.2, 0.25) is 0 Å². The molecule has 146 valence electrons. The minimum absolute atomic E-state index is 0.0532. The number of aromatic amines is 1. The van der Waals surface area contributed by atoms with E-state index in [9.17, 15) is 13.2 Å². The Hall–Kier alpha value is -2.28. The highest BCUT2D eigenvalue weighted by Gasteiger charge is 2.32. The van der Waals surface area contributed by atoms with Gasteiger partial charge in [0.15, 0.2) is 0 Å². The third kappa shape index (κ3) is 4.03. The molecule has 0 spiro atoms. The predicted octanol–water partition coefficient (Wildman–Crippen LogP) is 3.62. The summed E-state index contributed by atoms with van der Waals surface area (Å²) in [6, 6.07) is 7.32. The van der Waals surface area contributed by atoms with Gasteiger partial charge in [-0.15, -0.1) is 0 Å². The number of likely N-dealkylation sites (tertiary alicyclic amines) is 1. The van der Waals surface area contributed by atoms with Gasteiger partial charge in [0, 0.05) is 30.2 Å². The first-order valence-corrected chi connectivity index (χ1v) is 10.9. The molecule has 2 N–H and O–H groups in total. The van der Waals surface area contributed by atoms with Crippen molar-refractivity contribution in [3.63, 3.8) is 0 Å². The number of H-pyrrole nitrogens is 1. The van der Waals surface area contributed by atoms with Crippen LogP contribution in [0.1, 0.15) is 53.5 Å². The summed E-state index contributed by atoms with van der Waals surface area (Å²) in [5.41, 5.74) is 2.87. The number of carbonyl (C=O) groups excluding carboxylic acids is 1. The molecule has 2 aromatic rings. The van der Waals surface area contributed by atoms with Crippen LogP contribution in [0.3, 0.4) is 0 Å². The van der Waals surface area contributed by atoms with Crippen molar-refractivity contribution < 1.29 is 13.2 Å². The fourth-order valence-electron chi connectivity index (χ4n) is 3.67. The third-order valence-electron chi connectivity index (χ3n) is 5.03. The number of hydrogen-bond acceptors (Lipinski definition) is 3. The molecule has 3 rings (SSSR count). The van der Waals surface area contributed by atoms with Crippen molar-refractivity contribution in [1.29, 1.82) is 0 Å². The van der Waals surface area contributed by atoms with Gasteiger partial charge in [0.25, 0.3) is 15.9 Å². The fourth-order valence-corrected chi connectivity index (χ4v) is 5.17. The zero-order valence-corrected chi connectivity index (χ0v) is 16.9. The van der Waals surface area contributed by atoms with E-state index in [-0.39, 0.29) is 16.4 Å². The first-order chi connectivity index (χ1) is 12.8. The Balaban J connectivity index is 1.98. The van der Waals surface area contributed by atoms with Gasteiger partial charge in [0.05, 0.1) is 5.56 Å². The van der Waals surface area contributed by atoms with Gasteiger partial charge in [-0.2, -0.15) is 0 Å². The summed E-state index contributed by atoms with van der Waals surface area (Å²) >= 11 is 0. The van der Waals surface area contributed by atoms with Crippen LogP contribution in [0, 0.1) is 13.8 Å². The number of anilines is 1. The lowest BCUT2D eigenvalue weighted by molar-refractivity contribution is 0.0720. The van der Waals surface area contributed by atoms with Gasteiger partial charge in [-0.3, -0.25) is 9.52 Å². The Kier molecular flexibility index (Phi) is 5.60. The van der Waals surface area contributed by atoms with Crippen LogP contribution in [0.15, 0.2) is 29.2 Å². The fraction of sp³-hybridized carbons (Fsp3) is 0.450. The second kappa shape index (κ2) is 7.76. The number of hydrogen-bond donors (Lipinski definition) is 2. The second-order valence-electron chi connectivity index (χ2n) is 7.09. The molecule has 1 saturated heterocycles. The van der Waals surface area contributed by atoms with E-state index in [1.165, 1.54) is 0 Å². The number of piperidine rings is 1. The molecule has 27 heavy (non-hydrogen) atoms. The summed E-state index contributed by atoms with van der Waals surface area (Å²) in [5, 5.41) is 0. The molecular weight excluding hydrogens is 362 g/mol. The topological polar surface area (TPSA) is 82.3 Å². The van der Waals surface area contributed by atoms with Gasteiger partial charge in [-0.05, 0) is 57.2 Å². The van der Waals surface area contributed by atoms with Gasteiger partial charge in [0.1, 0.15) is 4.90 Å². The molecular formula is C20H27N3O3S. The van der Waals surface area contributed by atoms with Crippen LogP contribution in [0.4, 0.5) is 5.69 Å². The largest absolute Gasteiger partial charge is 0.361 e. The highest BCUT2D eigenvalue weighted by molar-refractivity contribution is 7.92. The highest BCUT2D eigenvalue weighted by Crippen LogP contribution is 2.28. The van der Waals surface area contributed by atoms with Crippen LogP contribution in [0.25, 0.3) is 0 Å². The molecule has 0 saturated carbocycles. The number of benzene rings is 1. The van der Waals surface area contributed by atoms with Gasteiger partial charge in [-0.25, -0.2) is 8.42 Å². The number of aryl methyl sites for hydroxylation is 3. The Labute approximate surface area is 161 Å². The van der Waals surface area contributed by atoms with Gasteiger partial charge >= 0.3 is 0 Å². The van der Waals surface area contributed by atoms with E-state index in [0.717, 1.165) is 31.2 Å². The lowest BCUT2D eigenvalue weighted by atomic mass is 10.1. The molecule has 0 unspecified atom stereocenters. The first-order valence-electron chi connectivity index (χ1n) is 9.43. The lowest BCUT2D eigenvalue weighted by Crippen LogP contribution is -2.36. The number of sulfonamides is 1. The smallest absolute Gasteiger partial charge is 0.264 e. The summed E-state index contributed by atoms with van der Waals surface area (Å²) in [6.45, 7) is 6.81. The maximum Gasteiger partial charge on any atom is 0.264 e. The van der Waals surface area contributed by atoms with E-state index >= 15 is 0 Å². The van der Waals surface area contributed by atoms with Crippen LogP contribution < -0.4 is 4.72 Å². The molecule has 6 nitrogen and oxygen atoms in total. The van der Waals surface area contributed by atoms with E-state index < -0.39 is 10.0 Å². The molecule has 1 aromatic heterocycles. The number of carbonyl (C=O) groups is 1. The summed E-state index contributed by atoms with van der Waals surface area (Å²) in [4.78, 5) is 17.9. The van der Waals surface area contributed by atoms with E-state index in [1.807, 2.05) is 25.1 Å². The lowest BCUT2D eigenvalue weighted by Gasteiger charge is -2.27. The predicted molar refractivity (Wildman–Crippen MR) is 107 cm³/mol. The summed E-state index contributed by atoms with van der Waals surface area (Å²) < 4.78 is 28.9. The standard InChI is InChI=1S/C20H27N3O3S/c1-4-16-9-8-10-17(13-16)22-27(25,26)19-15(3)21-14(2)18(19)20(24)23-11-6-5-7-12-23/h8-10,13,21-22H,4-7,11-12H2,1-3H3. The molecule has 0 atom stereocenters. The summed E-state index contributed by atoms with van der Waals surface area (Å²) in [7, 11) is -3.89. The zero-order valence-electron chi connectivity index (χ0n) is 16.1. The molecule has 1 aliphatic rings. The number of aromatic nitrogens is 1. The quantitative estimate of drug-likeness (QED) is 0.819. The Morgan fingerprint density at radius 2 is 1.85 bits per heavy atom. The van der Waals surface area contributed by atoms with Crippen LogP contribution in [-0.4, -0.2) is 37.3 Å². The average Bonchev–Trinajstić information content (AvgIpc) is 2.96. The Morgan fingerprint density at radius 3 is 2.52 bits per heavy atom. The van der Waals surface area contributed by atoms with Gasteiger partial charge < -0.3 is 9.88 Å². The molecule has 0 aliphatic carbocycles. The summed E-state index contributed by atoms with van der Waals surface area (Å²) in [5.74, 6) is -0.209. The average molecular weight is 390 g/mol. The maximum atomic E-state index is 13.1. The van der Waals surface area contributed by atoms with E-state index in [0.29, 0.717) is 30.2 Å². The van der Waals surface area contributed by atoms with Crippen molar-refractivity contribution in [2.24, 2.45) is 0 Å². The monoisotopic (exact) mass is 389 g/mol. The molecule has 1 aromatic carbocycles. The number of amides is 1. The normalized spacial score (nSPS) is 15.0. The minimum Gasteiger partial charge on any atom is -0.361 e. The molecule has 1 aliphatic heterocycles. The number of rotatable bonds is 5. The second-order valence-corrected chi connectivity index (χ2v) is 8.71. The van der Waals surface area contributed by atoms with Crippen molar-refractivity contribution in [2.45, 2.75) is 51.3 Å².